The zero-order chi connectivity index (χ0) is 11.2. The normalized spacial score (nSPS) is 16.7. The van der Waals surface area contributed by atoms with E-state index in [1.165, 1.54) is 12.8 Å². The van der Waals surface area contributed by atoms with Crippen molar-refractivity contribution in [2.75, 3.05) is 0 Å². The van der Waals surface area contributed by atoms with E-state index < -0.39 is 5.60 Å². The molecule has 0 aromatic heterocycles. The molecule has 0 aliphatic rings. The highest BCUT2D eigenvalue weighted by molar-refractivity contribution is 4.76. The average molecular weight is 202 g/mol. The smallest absolute Gasteiger partial charge is 0.0618 e. The highest BCUT2D eigenvalue weighted by atomic mass is 16.3. The van der Waals surface area contributed by atoms with E-state index in [0.29, 0.717) is 6.42 Å². The predicted molar refractivity (Wildman–Crippen MR) is 60.2 cm³/mol. The van der Waals surface area contributed by atoms with E-state index >= 15 is 0 Å². The van der Waals surface area contributed by atoms with Gasteiger partial charge in [-0.05, 0) is 32.6 Å². The van der Waals surface area contributed by atoms with Gasteiger partial charge in [0, 0.05) is 0 Å². The van der Waals surface area contributed by atoms with E-state index in [2.05, 4.69) is 6.92 Å². The molecule has 0 aromatic carbocycles. The summed E-state index contributed by atoms with van der Waals surface area (Å²) in [6.07, 6.45) is 4.79. The Balaban J connectivity index is 3.66. The zero-order valence-corrected chi connectivity index (χ0v) is 10.1. The lowest BCUT2D eigenvalue weighted by Gasteiger charge is -2.27. The lowest BCUT2D eigenvalue weighted by molar-refractivity contribution is -0.00107. The average Bonchev–Trinajstić information content (AvgIpc) is 2.03. The van der Waals surface area contributed by atoms with Gasteiger partial charge in [-0.15, -0.1) is 0 Å². The van der Waals surface area contributed by atoms with Crippen molar-refractivity contribution in [1.29, 1.82) is 0 Å². The third-order valence-electron chi connectivity index (χ3n) is 2.97. The third-order valence-corrected chi connectivity index (χ3v) is 2.97. The molecule has 0 saturated heterocycles. The number of hydrogen-bond donors (Lipinski definition) is 2. The highest BCUT2D eigenvalue weighted by Crippen LogP contribution is 2.22. The Labute approximate surface area is 88.3 Å². The van der Waals surface area contributed by atoms with Gasteiger partial charge in [0.1, 0.15) is 0 Å². The number of rotatable bonds is 7. The second-order valence-electron chi connectivity index (χ2n) is 4.94. The molecule has 2 atom stereocenters. The first-order chi connectivity index (χ1) is 6.38. The Bertz CT molecular complexity index is 138. The summed E-state index contributed by atoms with van der Waals surface area (Å²) in [7, 11) is 0. The van der Waals surface area contributed by atoms with Crippen LogP contribution in [-0.4, -0.2) is 21.9 Å². The zero-order valence-electron chi connectivity index (χ0n) is 10.1. The van der Waals surface area contributed by atoms with E-state index in [0.717, 1.165) is 12.8 Å². The van der Waals surface area contributed by atoms with E-state index in [-0.39, 0.29) is 12.0 Å². The lowest BCUT2D eigenvalue weighted by Crippen LogP contribution is -2.31. The van der Waals surface area contributed by atoms with Crippen LogP contribution in [0, 0.1) is 5.92 Å². The maximum Gasteiger partial charge on any atom is 0.0618 e. The number of aliphatic hydroxyl groups excluding tert-OH is 1. The predicted octanol–water partition coefficient (Wildman–Crippen LogP) is 2.72. The highest BCUT2D eigenvalue weighted by Gasteiger charge is 2.24. The van der Waals surface area contributed by atoms with E-state index in [4.69, 9.17) is 0 Å². The Morgan fingerprint density at radius 1 is 1.21 bits per heavy atom. The van der Waals surface area contributed by atoms with Gasteiger partial charge < -0.3 is 10.2 Å². The molecular formula is C12H26O2. The fourth-order valence-electron chi connectivity index (χ4n) is 1.44. The van der Waals surface area contributed by atoms with Crippen molar-refractivity contribution in [2.24, 2.45) is 5.92 Å². The molecule has 2 N–H and O–H groups in total. The van der Waals surface area contributed by atoms with Crippen molar-refractivity contribution in [2.45, 2.75) is 71.5 Å². The van der Waals surface area contributed by atoms with Crippen molar-refractivity contribution in [1.82, 2.24) is 0 Å². The molecule has 0 aliphatic heterocycles. The number of unbranched alkanes of at least 4 members (excludes halogenated alkanes) is 2. The quantitative estimate of drug-likeness (QED) is 0.623. The minimum Gasteiger partial charge on any atom is -0.393 e. The first kappa shape index (κ1) is 13.9. The van der Waals surface area contributed by atoms with Gasteiger partial charge >= 0.3 is 0 Å². The third kappa shape index (κ3) is 6.39. The molecule has 0 aliphatic carbocycles. The number of hydrogen-bond acceptors (Lipinski definition) is 2. The van der Waals surface area contributed by atoms with Crippen LogP contribution in [0.2, 0.25) is 0 Å². The van der Waals surface area contributed by atoms with Crippen LogP contribution in [0.15, 0.2) is 0 Å². The molecule has 0 aromatic rings. The van der Waals surface area contributed by atoms with Gasteiger partial charge in [0.25, 0.3) is 0 Å². The summed E-state index contributed by atoms with van der Waals surface area (Å²) in [5, 5.41) is 19.4. The standard InChI is InChI=1S/C12H26O2/c1-5-6-7-8-11(13)9-10(2)12(3,4)14/h10-11,13-14H,5-9H2,1-4H3. The van der Waals surface area contributed by atoms with Crippen LogP contribution in [0.1, 0.15) is 59.8 Å². The summed E-state index contributed by atoms with van der Waals surface area (Å²) in [4.78, 5) is 0. The summed E-state index contributed by atoms with van der Waals surface area (Å²) in [6.45, 7) is 7.75. The van der Waals surface area contributed by atoms with E-state index in [1.54, 1.807) is 13.8 Å². The summed E-state index contributed by atoms with van der Waals surface area (Å²) in [5.74, 6) is 0.152. The van der Waals surface area contributed by atoms with Crippen molar-refractivity contribution in [3.05, 3.63) is 0 Å². The molecule has 14 heavy (non-hydrogen) atoms. The minimum atomic E-state index is -0.675. The maximum atomic E-state index is 9.70. The SMILES string of the molecule is CCCCCC(O)CC(C)C(C)(C)O. The van der Waals surface area contributed by atoms with Crippen molar-refractivity contribution in [3.8, 4) is 0 Å². The molecule has 0 fully saturated rings. The summed E-state index contributed by atoms with van der Waals surface area (Å²) >= 11 is 0. The molecule has 2 nitrogen and oxygen atoms in total. The van der Waals surface area contributed by atoms with E-state index in [1.807, 2.05) is 6.92 Å². The molecule has 0 bridgehead atoms. The Kier molecular flexibility index (Phi) is 6.38. The largest absolute Gasteiger partial charge is 0.393 e. The fourth-order valence-corrected chi connectivity index (χ4v) is 1.44. The molecule has 2 unspecified atom stereocenters. The fraction of sp³-hybridized carbons (Fsp3) is 1.00. The van der Waals surface area contributed by atoms with Crippen LogP contribution in [0.4, 0.5) is 0 Å². The molecule has 0 rings (SSSR count). The molecule has 0 spiro atoms. The van der Waals surface area contributed by atoms with Crippen LogP contribution < -0.4 is 0 Å². The van der Waals surface area contributed by atoms with Gasteiger partial charge in [-0.1, -0.05) is 33.1 Å². The molecule has 0 saturated carbocycles. The minimum absolute atomic E-state index is 0.152. The first-order valence-corrected chi connectivity index (χ1v) is 5.78. The van der Waals surface area contributed by atoms with Crippen LogP contribution in [0.25, 0.3) is 0 Å². The second-order valence-corrected chi connectivity index (χ2v) is 4.94. The molecule has 0 heterocycles. The molecule has 2 heteroatoms. The second kappa shape index (κ2) is 6.41. The monoisotopic (exact) mass is 202 g/mol. The van der Waals surface area contributed by atoms with Crippen LogP contribution >= 0.6 is 0 Å². The van der Waals surface area contributed by atoms with Gasteiger partial charge in [0.2, 0.25) is 0 Å². The first-order valence-electron chi connectivity index (χ1n) is 5.78. The molecular weight excluding hydrogens is 176 g/mol. The van der Waals surface area contributed by atoms with E-state index in [9.17, 15) is 10.2 Å². The summed E-state index contributed by atoms with van der Waals surface area (Å²) < 4.78 is 0. The van der Waals surface area contributed by atoms with Crippen molar-refractivity contribution >= 4 is 0 Å². The van der Waals surface area contributed by atoms with Crippen LogP contribution in [0.5, 0.6) is 0 Å². The Morgan fingerprint density at radius 2 is 1.79 bits per heavy atom. The van der Waals surface area contributed by atoms with Crippen molar-refractivity contribution < 1.29 is 10.2 Å². The number of aliphatic hydroxyl groups is 2. The van der Waals surface area contributed by atoms with Crippen LogP contribution in [0.3, 0.4) is 0 Å². The van der Waals surface area contributed by atoms with Gasteiger partial charge in [-0.2, -0.15) is 0 Å². The Hall–Kier alpha value is -0.0800. The summed E-state index contributed by atoms with van der Waals surface area (Å²) in [5.41, 5.74) is -0.675. The molecule has 86 valence electrons. The Morgan fingerprint density at radius 3 is 2.21 bits per heavy atom. The topological polar surface area (TPSA) is 40.5 Å². The molecule has 0 amide bonds. The molecule has 0 radical (unpaired) electrons. The summed E-state index contributed by atoms with van der Waals surface area (Å²) in [6, 6.07) is 0. The van der Waals surface area contributed by atoms with Crippen molar-refractivity contribution in [3.63, 3.8) is 0 Å². The van der Waals surface area contributed by atoms with Crippen LogP contribution in [-0.2, 0) is 0 Å². The maximum absolute atomic E-state index is 9.70. The lowest BCUT2D eigenvalue weighted by atomic mass is 9.87. The van der Waals surface area contributed by atoms with Gasteiger partial charge in [-0.25, -0.2) is 0 Å². The van der Waals surface area contributed by atoms with Gasteiger partial charge in [0.15, 0.2) is 0 Å². The van der Waals surface area contributed by atoms with Gasteiger partial charge in [-0.3, -0.25) is 0 Å². The van der Waals surface area contributed by atoms with Gasteiger partial charge in [0.05, 0.1) is 11.7 Å².